The number of carbonyl (C=O) groups is 1. The first-order valence-corrected chi connectivity index (χ1v) is 6.40. The first-order valence-electron chi connectivity index (χ1n) is 6.03. The molecule has 0 saturated carbocycles. The molecule has 0 N–H and O–H groups in total. The molecule has 1 aromatic rings. The van der Waals surface area contributed by atoms with E-state index in [0.29, 0.717) is 19.6 Å². The molecule has 20 heavy (non-hydrogen) atoms. The Morgan fingerprint density at radius 2 is 2.15 bits per heavy atom. The zero-order chi connectivity index (χ0) is 14.9. The molecule has 1 heterocycles. The van der Waals surface area contributed by atoms with E-state index in [4.69, 9.17) is 16.3 Å². The third kappa shape index (κ3) is 3.07. The Balaban J connectivity index is 2.22. The highest BCUT2D eigenvalue weighted by atomic mass is 35.5. The van der Waals surface area contributed by atoms with Gasteiger partial charge in [-0.2, -0.15) is 13.2 Å². The van der Waals surface area contributed by atoms with Crippen molar-refractivity contribution in [3.05, 3.63) is 28.8 Å². The summed E-state index contributed by atoms with van der Waals surface area (Å²) in [5.41, 5.74) is -0.576. The smallest absolute Gasteiger partial charge is 0.381 e. The summed E-state index contributed by atoms with van der Waals surface area (Å²) in [6, 6.07) is 2.95. The van der Waals surface area contributed by atoms with Crippen LogP contribution in [0.4, 0.5) is 18.9 Å². The topological polar surface area (TPSA) is 29.5 Å². The summed E-state index contributed by atoms with van der Waals surface area (Å²) in [5.74, 6) is -0.470. The van der Waals surface area contributed by atoms with Gasteiger partial charge in [-0.25, -0.2) is 0 Å². The number of nitrogens with zero attached hydrogens (tertiary/aromatic N) is 1. The molecule has 0 aliphatic carbocycles. The monoisotopic (exact) mass is 307 g/mol. The zero-order valence-electron chi connectivity index (χ0n) is 10.7. The third-order valence-corrected chi connectivity index (χ3v) is 3.55. The second-order valence-corrected chi connectivity index (χ2v) is 5.03. The summed E-state index contributed by atoms with van der Waals surface area (Å²) in [6.07, 6.45) is -3.84. The molecule has 0 bridgehead atoms. The van der Waals surface area contributed by atoms with Crippen molar-refractivity contribution in [3.63, 3.8) is 0 Å². The average Bonchev–Trinajstić information content (AvgIpc) is 2.89. The quantitative estimate of drug-likeness (QED) is 0.838. The number of anilines is 1. The Labute approximate surface area is 119 Å². The van der Waals surface area contributed by atoms with Crippen LogP contribution < -0.4 is 4.90 Å². The van der Waals surface area contributed by atoms with Crippen LogP contribution in [0.5, 0.6) is 0 Å². The van der Waals surface area contributed by atoms with E-state index in [2.05, 4.69) is 0 Å². The lowest BCUT2D eigenvalue weighted by Gasteiger charge is -2.22. The Bertz CT molecular complexity index is 513. The average molecular weight is 308 g/mol. The van der Waals surface area contributed by atoms with Crippen molar-refractivity contribution in [3.8, 4) is 0 Å². The van der Waals surface area contributed by atoms with Gasteiger partial charge in [0, 0.05) is 13.7 Å². The number of hydrogen-bond acceptors (Lipinski definition) is 2. The molecule has 0 radical (unpaired) electrons. The summed E-state index contributed by atoms with van der Waals surface area (Å²) in [5, 5.41) is -0.102. The number of rotatable bonds is 2. The van der Waals surface area contributed by atoms with E-state index < -0.39 is 11.7 Å². The predicted molar refractivity (Wildman–Crippen MR) is 68.8 cm³/mol. The number of alkyl halides is 3. The van der Waals surface area contributed by atoms with Crippen LogP contribution in [0.15, 0.2) is 18.2 Å². The number of benzene rings is 1. The summed E-state index contributed by atoms with van der Waals surface area (Å²) in [7, 11) is 1.50. The van der Waals surface area contributed by atoms with Crippen LogP contribution in [0.25, 0.3) is 0 Å². The number of carbonyl (C=O) groups excluding carboxylic acids is 1. The van der Waals surface area contributed by atoms with Gasteiger partial charge in [0.2, 0.25) is 5.91 Å². The second-order valence-electron chi connectivity index (χ2n) is 4.62. The van der Waals surface area contributed by atoms with Crippen LogP contribution in [0.2, 0.25) is 5.02 Å². The highest BCUT2D eigenvalue weighted by Gasteiger charge is 2.32. The van der Waals surface area contributed by atoms with Crippen molar-refractivity contribution in [1.29, 1.82) is 0 Å². The fourth-order valence-corrected chi connectivity index (χ4v) is 2.38. The second kappa shape index (κ2) is 5.61. The fraction of sp³-hybridized carbons (Fsp3) is 0.462. The minimum absolute atomic E-state index is 0.102. The SMILES string of the molecule is CN(C(=O)[C@H]1CCOC1)c1ccc(C(F)(F)F)cc1Cl. The molecule has 1 atom stereocenters. The van der Waals surface area contributed by atoms with E-state index >= 15 is 0 Å². The zero-order valence-corrected chi connectivity index (χ0v) is 11.5. The molecule has 0 spiro atoms. The van der Waals surface area contributed by atoms with Gasteiger partial charge in [-0.15, -0.1) is 0 Å². The Kier molecular flexibility index (Phi) is 4.25. The van der Waals surface area contributed by atoms with E-state index in [1.165, 1.54) is 18.0 Å². The molecule has 1 aromatic carbocycles. The number of halogens is 4. The summed E-state index contributed by atoms with van der Waals surface area (Å²) in [4.78, 5) is 13.4. The number of hydrogen-bond donors (Lipinski definition) is 0. The molecule has 3 nitrogen and oxygen atoms in total. The van der Waals surface area contributed by atoms with Gasteiger partial charge in [-0.1, -0.05) is 11.6 Å². The van der Waals surface area contributed by atoms with Gasteiger partial charge in [-0.3, -0.25) is 4.79 Å². The molecule has 2 rings (SSSR count). The highest BCUT2D eigenvalue weighted by Crippen LogP contribution is 2.35. The summed E-state index contributed by atoms with van der Waals surface area (Å²) >= 11 is 5.86. The van der Waals surface area contributed by atoms with Gasteiger partial charge in [0.25, 0.3) is 0 Å². The van der Waals surface area contributed by atoms with Crippen LogP contribution in [0.3, 0.4) is 0 Å². The maximum atomic E-state index is 12.5. The molecule has 1 fully saturated rings. The van der Waals surface area contributed by atoms with Gasteiger partial charge in [0.15, 0.2) is 0 Å². The molecule has 110 valence electrons. The molecular formula is C13H13ClF3NO2. The number of ether oxygens (including phenoxy) is 1. The molecule has 1 aliphatic heterocycles. The molecule has 1 saturated heterocycles. The van der Waals surface area contributed by atoms with Crippen molar-refractivity contribution < 1.29 is 22.7 Å². The third-order valence-electron chi connectivity index (χ3n) is 3.25. The van der Waals surface area contributed by atoms with Crippen LogP contribution in [-0.2, 0) is 15.7 Å². The molecule has 1 aliphatic rings. The fourth-order valence-electron chi connectivity index (χ4n) is 2.08. The Morgan fingerprint density at radius 1 is 1.45 bits per heavy atom. The van der Waals surface area contributed by atoms with E-state index in [-0.39, 0.29) is 22.5 Å². The lowest BCUT2D eigenvalue weighted by molar-refractivity contribution is -0.137. The molecule has 0 aromatic heterocycles. The molecular weight excluding hydrogens is 295 g/mol. The maximum absolute atomic E-state index is 12.5. The Hall–Kier alpha value is -1.27. The van der Waals surface area contributed by atoms with Crippen LogP contribution in [0, 0.1) is 5.92 Å². The van der Waals surface area contributed by atoms with E-state index in [1.54, 1.807) is 0 Å². The molecule has 7 heteroatoms. The van der Waals surface area contributed by atoms with Crippen molar-refractivity contribution >= 4 is 23.2 Å². The molecule has 1 amide bonds. The summed E-state index contributed by atoms with van der Waals surface area (Å²) < 4.78 is 42.8. The predicted octanol–water partition coefficient (Wildman–Crippen LogP) is 3.36. The van der Waals surface area contributed by atoms with Gasteiger partial charge >= 0.3 is 6.18 Å². The number of amides is 1. The van der Waals surface area contributed by atoms with E-state index in [1.807, 2.05) is 0 Å². The largest absolute Gasteiger partial charge is 0.416 e. The first-order chi connectivity index (χ1) is 9.30. The van der Waals surface area contributed by atoms with Gasteiger partial charge in [-0.05, 0) is 24.6 Å². The van der Waals surface area contributed by atoms with Crippen LogP contribution in [-0.4, -0.2) is 26.2 Å². The van der Waals surface area contributed by atoms with Crippen LogP contribution >= 0.6 is 11.6 Å². The minimum atomic E-state index is -4.45. The molecule has 0 unspecified atom stereocenters. The van der Waals surface area contributed by atoms with Gasteiger partial charge < -0.3 is 9.64 Å². The van der Waals surface area contributed by atoms with Crippen molar-refractivity contribution in [2.24, 2.45) is 5.92 Å². The Morgan fingerprint density at radius 3 is 2.65 bits per heavy atom. The summed E-state index contributed by atoms with van der Waals surface area (Å²) in [6.45, 7) is 0.854. The van der Waals surface area contributed by atoms with Gasteiger partial charge in [0.1, 0.15) is 0 Å². The van der Waals surface area contributed by atoms with Crippen molar-refractivity contribution in [2.75, 3.05) is 25.2 Å². The van der Waals surface area contributed by atoms with E-state index in [9.17, 15) is 18.0 Å². The van der Waals surface area contributed by atoms with Crippen LogP contribution in [0.1, 0.15) is 12.0 Å². The van der Waals surface area contributed by atoms with E-state index in [0.717, 1.165) is 12.1 Å². The van der Waals surface area contributed by atoms with Crippen molar-refractivity contribution in [1.82, 2.24) is 0 Å². The van der Waals surface area contributed by atoms with Gasteiger partial charge in [0.05, 0.1) is 28.8 Å². The lowest BCUT2D eigenvalue weighted by atomic mass is 10.1. The highest BCUT2D eigenvalue weighted by molar-refractivity contribution is 6.33. The van der Waals surface area contributed by atoms with Crippen molar-refractivity contribution in [2.45, 2.75) is 12.6 Å². The minimum Gasteiger partial charge on any atom is -0.381 e. The maximum Gasteiger partial charge on any atom is 0.416 e. The normalized spacial score (nSPS) is 19.1. The first kappa shape index (κ1) is 15.1. The standard InChI is InChI=1S/C13H13ClF3NO2/c1-18(12(19)8-4-5-20-7-8)11-3-2-9(6-10(11)14)13(15,16)17/h2-3,6,8H,4-5,7H2,1H3/t8-/m0/s1. The lowest BCUT2D eigenvalue weighted by Crippen LogP contribution is -2.33.